The Morgan fingerprint density at radius 2 is 1.58 bits per heavy atom. The van der Waals surface area contributed by atoms with E-state index in [1.54, 1.807) is 48.5 Å². The van der Waals surface area contributed by atoms with Crippen LogP contribution in [-0.2, 0) is 15.9 Å². The minimum Gasteiger partial charge on any atom is -0.504 e. The molecule has 8 heteroatoms. The number of methoxy groups -OCH3 is 3. The predicted octanol–water partition coefficient (Wildman–Crippen LogP) is 4.53. The number of aromatic hydroxyl groups is 2. The molecule has 0 amide bonds. The molecule has 36 heavy (non-hydrogen) atoms. The summed E-state index contributed by atoms with van der Waals surface area (Å²) in [4.78, 5) is 12.7. The van der Waals surface area contributed by atoms with Gasteiger partial charge in [-0.2, -0.15) is 0 Å². The molecule has 3 aromatic carbocycles. The van der Waals surface area contributed by atoms with Crippen LogP contribution >= 0.6 is 0 Å². The lowest BCUT2D eigenvalue weighted by Crippen LogP contribution is -2.24. The number of phenols is 2. The van der Waals surface area contributed by atoms with Crippen LogP contribution in [0.15, 0.2) is 60.7 Å². The van der Waals surface area contributed by atoms with Crippen LogP contribution in [0.3, 0.4) is 0 Å². The first kappa shape index (κ1) is 25.2. The van der Waals surface area contributed by atoms with Crippen molar-refractivity contribution in [3.8, 4) is 28.7 Å². The molecule has 0 aromatic heterocycles. The Labute approximate surface area is 210 Å². The number of hydrogen-bond donors (Lipinski definition) is 2. The number of carbonyl (C=O) groups is 1. The Morgan fingerprint density at radius 1 is 0.917 bits per heavy atom. The van der Waals surface area contributed by atoms with E-state index in [1.807, 2.05) is 12.1 Å². The van der Waals surface area contributed by atoms with Gasteiger partial charge in [-0.1, -0.05) is 24.3 Å². The summed E-state index contributed by atoms with van der Waals surface area (Å²) in [7, 11) is 4.44. The van der Waals surface area contributed by atoms with E-state index in [-0.39, 0.29) is 41.4 Å². The van der Waals surface area contributed by atoms with Crippen LogP contribution in [0.2, 0.25) is 0 Å². The normalized spacial score (nSPS) is 19.0. The number of esters is 1. The highest BCUT2D eigenvalue weighted by Gasteiger charge is 2.40. The number of phenolic OH excluding ortho intramolecular Hbond substituents is 2. The fourth-order valence-electron chi connectivity index (χ4n) is 4.56. The zero-order chi connectivity index (χ0) is 25.7. The number of rotatable bonds is 9. The molecule has 8 nitrogen and oxygen atoms in total. The molecule has 4 rings (SSSR count). The Balaban J connectivity index is 1.62. The van der Waals surface area contributed by atoms with Crippen molar-refractivity contribution in [2.24, 2.45) is 11.8 Å². The zero-order valence-electron chi connectivity index (χ0n) is 20.5. The van der Waals surface area contributed by atoms with E-state index in [1.165, 1.54) is 21.3 Å². The molecule has 1 fully saturated rings. The van der Waals surface area contributed by atoms with Crippen molar-refractivity contribution in [2.75, 3.05) is 34.5 Å². The molecular formula is C28H30O8. The van der Waals surface area contributed by atoms with Crippen LogP contribution in [0.1, 0.15) is 27.6 Å². The summed E-state index contributed by atoms with van der Waals surface area (Å²) in [6.07, 6.45) is 0.188. The quantitative estimate of drug-likeness (QED) is 0.419. The number of carbonyl (C=O) groups excluding carboxylic acids is 1. The molecule has 0 unspecified atom stereocenters. The highest BCUT2D eigenvalue weighted by Crippen LogP contribution is 2.46. The Hall–Kier alpha value is -3.91. The van der Waals surface area contributed by atoms with Crippen LogP contribution in [-0.4, -0.2) is 50.7 Å². The number of benzene rings is 3. The number of hydrogen-bond acceptors (Lipinski definition) is 8. The van der Waals surface area contributed by atoms with E-state index >= 15 is 0 Å². The molecule has 2 N–H and O–H groups in total. The fraction of sp³-hybridized carbons (Fsp3) is 0.321. The third-order valence-corrected chi connectivity index (χ3v) is 6.47. The van der Waals surface area contributed by atoms with Crippen molar-refractivity contribution in [1.29, 1.82) is 0 Å². The first-order valence-electron chi connectivity index (χ1n) is 11.6. The third-order valence-electron chi connectivity index (χ3n) is 6.47. The third kappa shape index (κ3) is 5.33. The standard InChI is InChI=1S/C28H30O8/c1-32-23-12-17(9-10-22(23)29)11-20-15-35-27(19-13-24(33-2)26(30)25(14-19)34-3)21(20)16-36-28(31)18-7-5-4-6-8-18/h4-10,12-14,20-21,27,29-30H,11,15-16H2,1-3H3/t20-,21-,27+/m1/s1. The van der Waals surface area contributed by atoms with Crippen LogP contribution in [0, 0.1) is 11.8 Å². The molecule has 0 bridgehead atoms. The molecular weight excluding hydrogens is 464 g/mol. The molecule has 0 aliphatic carbocycles. The molecule has 3 aromatic rings. The second kappa shape index (κ2) is 11.2. The summed E-state index contributed by atoms with van der Waals surface area (Å²) in [6.45, 7) is 0.552. The minimum atomic E-state index is -0.430. The summed E-state index contributed by atoms with van der Waals surface area (Å²) in [5.74, 6) is 0.282. The van der Waals surface area contributed by atoms with Crippen LogP contribution in [0.25, 0.3) is 0 Å². The lowest BCUT2D eigenvalue weighted by molar-refractivity contribution is 0.0289. The maximum absolute atomic E-state index is 12.7. The van der Waals surface area contributed by atoms with Gasteiger partial charge in [-0.3, -0.25) is 0 Å². The Kier molecular flexibility index (Phi) is 7.85. The van der Waals surface area contributed by atoms with E-state index in [0.717, 1.165) is 11.1 Å². The van der Waals surface area contributed by atoms with Crippen molar-refractivity contribution in [3.63, 3.8) is 0 Å². The number of ether oxygens (including phenoxy) is 5. The van der Waals surface area contributed by atoms with Crippen molar-refractivity contribution < 1.29 is 38.7 Å². The summed E-state index contributed by atoms with van der Waals surface area (Å²) >= 11 is 0. The minimum absolute atomic E-state index is 0.00128. The van der Waals surface area contributed by atoms with Crippen LogP contribution in [0.4, 0.5) is 0 Å². The molecule has 0 radical (unpaired) electrons. The van der Waals surface area contributed by atoms with Gasteiger partial charge in [-0.05, 0) is 59.9 Å². The first-order valence-corrected chi connectivity index (χ1v) is 11.6. The second-order valence-corrected chi connectivity index (χ2v) is 8.63. The van der Waals surface area contributed by atoms with Gasteiger partial charge in [0.25, 0.3) is 0 Å². The van der Waals surface area contributed by atoms with Gasteiger partial charge < -0.3 is 33.9 Å². The van der Waals surface area contributed by atoms with E-state index in [2.05, 4.69) is 0 Å². The van der Waals surface area contributed by atoms with E-state index < -0.39 is 12.1 Å². The van der Waals surface area contributed by atoms with Crippen molar-refractivity contribution in [2.45, 2.75) is 12.5 Å². The Morgan fingerprint density at radius 3 is 2.22 bits per heavy atom. The maximum Gasteiger partial charge on any atom is 0.338 e. The molecule has 1 saturated heterocycles. The summed E-state index contributed by atoms with van der Waals surface area (Å²) in [5.41, 5.74) is 2.17. The lowest BCUT2D eigenvalue weighted by atomic mass is 9.84. The largest absolute Gasteiger partial charge is 0.504 e. The zero-order valence-corrected chi connectivity index (χ0v) is 20.5. The van der Waals surface area contributed by atoms with E-state index in [9.17, 15) is 15.0 Å². The fourth-order valence-corrected chi connectivity index (χ4v) is 4.56. The van der Waals surface area contributed by atoms with Gasteiger partial charge in [-0.15, -0.1) is 0 Å². The molecule has 0 spiro atoms. The summed E-state index contributed by atoms with van der Waals surface area (Å²) in [5, 5.41) is 20.3. The molecule has 1 aliphatic rings. The SMILES string of the molecule is COc1cc(C[C@@H]2CO[C@@H](c3cc(OC)c(O)c(OC)c3)[C@@H]2COC(=O)c2ccccc2)ccc1O. The highest BCUT2D eigenvalue weighted by atomic mass is 16.5. The topological polar surface area (TPSA) is 104 Å². The van der Waals surface area contributed by atoms with Crippen LogP contribution in [0.5, 0.6) is 28.7 Å². The average Bonchev–Trinajstić information content (AvgIpc) is 3.31. The molecule has 1 aliphatic heterocycles. The van der Waals surface area contributed by atoms with Crippen molar-refractivity contribution in [1.82, 2.24) is 0 Å². The van der Waals surface area contributed by atoms with E-state index in [4.69, 9.17) is 23.7 Å². The second-order valence-electron chi connectivity index (χ2n) is 8.63. The van der Waals surface area contributed by atoms with Gasteiger partial charge in [0, 0.05) is 5.92 Å². The van der Waals surface area contributed by atoms with Gasteiger partial charge in [0.15, 0.2) is 23.0 Å². The first-order chi connectivity index (χ1) is 17.4. The van der Waals surface area contributed by atoms with Crippen molar-refractivity contribution in [3.05, 3.63) is 77.4 Å². The van der Waals surface area contributed by atoms with Gasteiger partial charge >= 0.3 is 5.97 Å². The van der Waals surface area contributed by atoms with Crippen LogP contribution < -0.4 is 14.2 Å². The summed E-state index contributed by atoms with van der Waals surface area (Å²) in [6, 6.07) is 17.5. The Bertz CT molecular complexity index is 1170. The molecule has 1 heterocycles. The van der Waals surface area contributed by atoms with Gasteiger partial charge in [-0.25, -0.2) is 4.79 Å². The monoisotopic (exact) mass is 494 g/mol. The highest BCUT2D eigenvalue weighted by molar-refractivity contribution is 5.89. The average molecular weight is 495 g/mol. The van der Waals surface area contributed by atoms with Gasteiger partial charge in [0.05, 0.1) is 46.2 Å². The van der Waals surface area contributed by atoms with Gasteiger partial charge in [0.1, 0.15) is 0 Å². The molecule has 3 atom stereocenters. The van der Waals surface area contributed by atoms with E-state index in [0.29, 0.717) is 24.3 Å². The van der Waals surface area contributed by atoms with Crippen molar-refractivity contribution >= 4 is 5.97 Å². The predicted molar refractivity (Wildman–Crippen MR) is 132 cm³/mol. The molecule has 0 saturated carbocycles. The smallest absolute Gasteiger partial charge is 0.338 e. The maximum atomic E-state index is 12.7. The lowest BCUT2D eigenvalue weighted by Gasteiger charge is -2.24. The molecule has 190 valence electrons. The van der Waals surface area contributed by atoms with Gasteiger partial charge in [0.2, 0.25) is 5.75 Å². The summed E-state index contributed by atoms with van der Waals surface area (Å²) < 4.78 is 27.9.